The number of pyridine rings is 1. The Kier molecular flexibility index (Phi) is 4.02. The van der Waals surface area contributed by atoms with Crippen LogP contribution in [0.25, 0.3) is 22.0 Å². The van der Waals surface area contributed by atoms with E-state index in [4.69, 9.17) is 5.73 Å². The van der Waals surface area contributed by atoms with Crippen molar-refractivity contribution in [1.82, 2.24) is 14.8 Å². The Morgan fingerprint density at radius 3 is 2.79 bits per heavy atom. The van der Waals surface area contributed by atoms with Crippen LogP contribution >= 0.6 is 0 Å². The number of aromatic nitrogens is 3. The molecular weight excluding hydrogens is 311 g/mol. The molecule has 0 aliphatic rings. The van der Waals surface area contributed by atoms with Crippen molar-refractivity contribution in [2.24, 2.45) is 12.8 Å². The summed E-state index contributed by atoms with van der Waals surface area (Å²) in [7, 11) is 1.74. The molecule has 3 N–H and O–H groups in total. The summed E-state index contributed by atoms with van der Waals surface area (Å²) >= 11 is 0. The molecule has 0 radical (unpaired) electrons. The topological polar surface area (TPSA) is 93.8 Å². The van der Waals surface area contributed by atoms with Gasteiger partial charge in [0.15, 0.2) is 0 Å². The monoisotopic (exact) mass is 328 g/mol. The van der Waals surface area contributed by atoms with Gasteiger partial charge in [-0.15, -0.1) is 0 Å². The van der Waals surface area contributed by atoms with E-state index in [1.54, 1.807) is 30.9 Å². The van der Waals surface area contributed by atoms with Crippen LogP contribution in [-0.2, 0) is 18.3 Å². The molecule has 0 aliphatic heterocycles. The third kappa shape index (κ3) is 2.74. The first kappa shape index (κ1) is 16.1. The van der Waals surface area contributed by atoms with Gasteiger partial charge < -0.3 is 15.5 Å². The van der Waals surface area contributed by atoms with Gasteiger partial charge in [-0.05, 0) is 36.1 Å². The number of fused-ring (bicyclic) bond motifs is 1. The molecule has 6 nitrogen and oxygen atoms in total. The number of nitrogens with two attached hydrogens (primary N) is 1. The number of carbonyl (C=O) groups excluding carboxylic acids is 1. The fourth-order valence-corrected chi connectivity index (χ4v) is 2.87. The Morgan fingerprint density at radius 1 is 1.38 bits per heavy atom. The van der Waals surface area contributed by atoms with E-state index in [0.29, 0.717) is 27.9 Å². The highest BCUT2D eigenvalue weighted by Crippen LogP contribution is 2.27. The molecule has 2 heterocycles. The number of hydrogen-bond acceptors (Lipinski definition) is 4. The fraction of sp³-hybridized carbons (Fsp3) is 0.235. The number of aromatic amines is 1. The number of halogens is 1. The highest BCUT2D eigenvalue weighted by molar-refractivity contribution is 5.88. The van der Waals surface area contributed by atoms with Crippen LogP contribution < -0.4 is 11.3 Å². The Morgan fingerprint density at radius 2 is 2.12 bits per heavy atom. The molecule has 0 amide bonds. The molecule has 0 fully saturated rings. The van der Waals surface area contributed by atoms with Crippen LogP contribution in [-0.4, -0.2) is 21.1 Å². The van der Waals surface area contributed by atoms with Crippen molar-refractivity contribution in [3.05, 3.63) is 51.8 Å². The van der Waals surface area contributed by atoms with Crippen LogP contribution in [0, 0.1) is 5.82 Å². The van der Waals surface area contributed by atoms with Gasteiger partial charge in [0.25, 0.3) is 5.56 Å². The molecule has 0 saturated carbocycles. The van der Waals surface area contributed by atoms with Crippen LogP contribution in [0.1, 0.15) is 24.2 Å². The predicted octanol–water partition coefficient (Wildman–Crippen LogP) is 1.83. The van der Waals surface area contributed by atoms with Crippen molar-refractivity contribution < 1.29 is 9.18 Å². The van der Waals surface area contributed by atoms with Crippen molar-refractivity contribution in [3.8, 4) is 11.3 Å². The van der Waals surface area contributed by atoms with Crippen LogP contribution in [0.3, 0.4) is 0 Å². The SMILES string of the molecule is C[C@@H](N)c1cc(F)cc2c(=O)[nH]c(-c3cn(C)nc3CC=O)cc12. The maximum Gasteiger partial charge on any atom is 0.256 e. The summed E-state index contributed by atoms with van der Waals surface area (Å²) in [4.78, 5) is 26.0. The third-order valence-electron chi connectivity index (χ3n) is 3.92. The van der Waals surface area contributed by atoms with Gasteiger partial charge in [0.05, 0.1) is 16.8 Å². The second kappa shape index (κ2) is 6.01. The maximum atomic E-state index is 13.8. The molecule has 3 aromatic rings. The van der Waals surface area contributed by atoms with Crippen LogP contribution in [0.2, 0.25) is 0 Å². The average molecular weight is 328 g/mol. The van der Waals surface area contributed by atoms with E-state index in [0.717, 1.165) is 6.29 Å². The standard InChI is InChI=1S/C17H17FN4O2/c1-9(19)11-5-10(18)6-13-12(11)7-16(20-17(13)24)14-8-22(2)21-15(14)3-4-23/h4-9H,3,19H2,1-2H3,(H,20,24)/t9-/m1/s1. The van der Waals surface area contributed by atoms with Crippen molar-refractivity contribution in [2.75, 3.05) is 0 Å². The number of benzene rings is 1. The first-order chi connectivity index (χ1) is 11.4. The summed E-state index contributed by atoms with van der Waals surface area (Å²) in [6, 6.07) is 3.85. The summed E-state index contributed by atoms with van der Waals surface area (Å²) in [5.74, 6) is -0.504. The molecular formula is C17H17FN4O2. The summed E-state index contributed by atoms with van der Waals surface area (Å²) < 4.78 is 15.3. The number of aldehydes is 1. The second-order valence-corrected chi connectivity index (χ2v) is 5.79. The molecule has 24 heavy (non-hydrogen) atoms. The predicted molar refractivity (Wildman–Crippen MR) is 89.1 cm³/mol. The Balaban J connectivity index is 2.32. The normalized spacial score (nSPS) is 12.5. The number of carbonyl (C=O) groups is 1. The summed E-state index contributed by atoms with van der Waals surface area (Å²) in [5, 5.41) is 5.07. The van der Waals surface area contributed by atoms with E-state index < -0.39 is 17.4 Å². The lowest BCUT2D eigenvalue weighted by Gasteiger charge is -2.11. The lowest BCUT2D eigenvalue weighted by molar-refractivity contribution is -0.107. The minimum absolute atomic E-state index is 0.139. The van der Waals surface area contributed by atoms with E-state index in [1.807, 2.05) is 0 Å². The molecule has 0 bridgehead atoms. The molecule has 124 valence electrons. The van der Waals surface area contributed by atoms with E-state index in [2.05, 4.69) is 10.1 Å². The lowest BCUT2D eigenvalue weighted by Crippen LogP contribution is -2.12. The van der Waals surface area contributed by atoms with Gasteiger partial charge in [-0.2, -0.15) is 5.10 Å². The Labute approximate surface area is 137 Å². The number of aryl methyl sites for hydroxylation is 1. The number of nitrogens with one attached hydrogen (secondary N) is 1. The van der Waals surface area contributed by atoms with Gasteiger partial charge in [0.2, 0.25) is 0 Å². The third-order valence-corrected chi connectivity index (χ3v) is 3.92. The van der Waals surface area contributed by atoms with E-state index in [9.17, 15) is 14.0 Å². The average Bonchev–Trinajstić information content (AvgIpc) is 2.88. The zero-order chi connectivity index (χ0) is 17.4. The first-order valence-electron chi connectivity index (χ1n) is 7.49. The minimum Gasteiger partial charge on any atom is -0.324 e. The fourth-order valence-electron chi connectivity index (χ4n) is 2.87. The summed E-state index contributed by atoms with van der Waals surface area (Å²) in [6.07, 6.45) is 2.62. The lowest BCUT2D eigenvalue weighted by atomic mass is 9.99. The van der Waals surface area contributed by atoms with Crippen LogP contribution in [0.5, 0.6) is 0 Å². The van der Waals surface area contributed by atoms with Gasteiger partial charge >= 0.3 is 0 Å². The smallest absolute Gasteiger partial charge is 0.256 e. The number of hydrogen-bond donors (Lipinski definition) is 2. The van der Waals surface area contributed by atoms with Gasteiger partial charge in [0, 0.05) is 31.3 Å². The van der Waals surface area contributed by atoms with E-state index >= 15 is 0 Å². The molecule has 1 aromatic carbocycles. The molecule has 0 aliphatic carbocycles. The zero-order valence-corrected chi connectivity index (χ0v) is 13.3. The molecule has 0 unspecified atom stereocenters. The molecule has 0 saturated heterocycles. The Bertz CT molecular complexity index is 988. The van der Waals surface area contributed by atoms with Crippen LogP contribution in [0.15, 0.2) is 29.2 Å². The number of nitrogens with zero attached hydrogens (tertiary/aromatic N) is 2. The van der Waals surface area contributed by atoms with Crippen molar-refractivity contribution in [1.29, 1.82) is 0 Å². The summed E-state index contributed by atoms with van der Waals surface area (Å²) in [5.41, 5.74) is 7.81. The van der Waals surface area contributed by atoms with Gasteiger partial charge in [-0.3, -0.25) is 9.48 Å². The summed E-state index contributed by atoms with van der Waals surface area (Å²) in [6.45, 7) is 1.73. The second-order valence-electron chi connectivity index (χ2n) is 5.79. The van der Waals surface area contributed by atoms with Crippen LogP contribution in [0.4, 0.5) is 4.39 Å². The number of H-pyrrole nitrogens is 1. The van der Waals surface area contributed by atoms with Crippen molar-refractivity contribution in [3.63, 3.8) is 0 Å². The quantitative estimate of drug-likeness (QED) is 0.715. The first-order valence-corrected chi connectivity index (χ1v) is 7.49. The van der Waals surface area contributed by atoms with Gasteiger partial charge in [-0.25, -0.2) is 4.39 Å². The van der Waals surface area contributed by atoms with Crippen molar-refractivity contribution in [2.45, 2.75) is 19.4 Å². The number of rotatable bonds is 4. The molecule has 1 atom stereocenters. The zero-order valence-electron chi connectivity index (χ0n) is 13.3. The van der Waals surface area contributed by atoms with Gasteiger partial charge in [0.1, 0.15) is 12.1 Å². The highest BCUT2D eigenvalue weighted by Gasteiger charge is 2.15. The largest absolute Gasteiger partial charge is 0.324 e. The maximum absolute atomic E-state index is 13.8. The minimum atomic E-state index is -0.504. The van der Waals surface area contributed by atoms with E-state index in [-0.39, 0.29) is 11.8 Å². The molecule has 3 rings (SSSR count). The van der Waals surface area contributed by atoms with Crippen molar-refractivity contribution >= 4 is 17.1 Å². The molecule has 2 aromatic heterocycles. The van der Waals surface area contributed by atoms with Gasteiger partial charge in [-0.1, -0.05) is 0 Å². The molecule has 0 spiro atoms. The Hall–Kier alpha value is -2.80. The molecule has 7 heteroatoms. The van der Waals surface area contributed by atoms with E-state index in [1.165, 1.54) is 12.1 Å². The highest BCUT2D eigenvalue weighted by atomic mass is 19.1.